The number of nitrogens with zero attached hydrogens (tertiary/aromatic N) is 1. The lowest BCUT2D eigenvalue weighted by molar-refractivity contribution is -0.118. The number of carbonyl (C=O) groups excluding carboxylic acids is 2. The second-order valence-electron chi connectivity index (χ2n) is 4.70. The lowest BCUT2D eigenvalue weighted by atomic mass is 10.2. The van der Waals surface area contributed by atoms with E-state index in [4.69, 9.17) is 16.3 Å². The number of ether oxygens (including phenoxy) is 1. The number of benzene rings is 1. The molecule has 1 aromatic carbocycles. The molecule has 0 spiro atoms. The van der Waals surface area contributed by atoms with Gasteiger partial charge in [-0.15, -0.1) is 0 Å². The van der Waals surface area contributed by atoms with Crippen LogP contribution >= 0.6 is 23.4 Å². The maximum absolute atomic E-state index is 12.2. The van der Waals surface area contributed by atoms with Crippen LogP contribution in [-0.4, -0.2) is 48.0 Å². The molecular weight excluding hydrogens is 314 g/mol. The van der Waals surface area contributed by atoms with Crippen molar-refractivity contribution in [1.29, 1.82) is 0 Å². The molecule has 2 aliphatic heterocycles. The molecule has 0 aliphatic carbocycles. The highest BCUT2D eigenvalue weighted by molar-refractivity contribution is 7.99. The van der Waals surface area contributed by atoms with Gasteiger partial charge in [0.15, 0.2) is 12.4 Å². The third-order valence-corrected chi connectivity index (χ3v) is 4.44. The molecule has 0 saturated carbocycles. The second kappa shape index (κ2) is 6.03. The number of nitrogens with one attached hydrogen (secondary N) is 2. The van der Waals surface area contributed by atoms with Crippen LogP contribution in [0.4, 0.5) is 16.2 Å². The first-order valence-electron chi connectivity index (χ1n) is 6.53. The summed E-state index contributed by atoms with van der Waals surface area (Å²) in [4.78, 5) is 25.3. The quantitative estimate of drug-likeness (QED) is 0.830. The van der Waals surface area contributed by atoms with Crippen molar-refractivity contribution in [3.05, 3.63) is 17.2 Å². The van der Waals surface area contributed by atoms with E-state index in [2.05, 4.69) is 10.6 Å². The van der Waals surface area contributed by atoms with E-state index in [0.717, 1.165) is 24.6 Å². The number of anilines is 2. The Labute approximate surface area is 131 Å². The van der Waals surface area contributed by atoms with Crippen molar-refractivity contribution in [2.75, 3.05) is 41.8 Å². The molecule has 2 N–H and O–H groups in total. The van der Waals surface area contributed by atoms with Gasteiger partial charge in [0.25, 0.3) is 5.91 Å². The maximum atomic E-state index is 12.2. The first-order valence-corrected chi connectivity index (χ1v) is 8.06. The van der Waals surface area contributed by atoms with Crippen LogP contribution in [0.2, 0.25) is 5.02 Å². The monoisotopic (exact) mass is 327 g/mol. The summed E-state index contributed by atoms with van der Waals surface area (Å²) in [6.45, 7) is 1.41. The van der Waals surface area contributed by atoms with Gasteiger partial charge in [-0.3, -0.25) is 4.79 Å². The van der Waals surface area contributed by atoms with Crippen molar-refractivity contribution in [3.63, 3.8) is 0 Å². The van der Waals surface area contributed by atoms with Gasteiger partial charge in [0, 0.05) is 30.3 Å². The van der Waals surface area contributed by atoms with Crippen molar-refractivity contribution < 1.29 is 14.3 Å². The van der Waals surface area contributed by atoms with E-state index in [0.29, 0.717) is 22.1 Å². The topological polar surface area (TPSA) is 70.7 Å². The summed E-state index contributed by atoms with van der Waals surface area (Å²) in [5.41, 5.74) is 1.01. The molecule has 1 aromatic rings. The highest BCUT2D eigenvalue weighted by atomic mass is 35.5. The first-order chi connectivity index (χ1) is 10.1. The second-order valence-corrected chi connectivity index (χ2v) is 6.33. The summed E-state index contributed by atoms with van der Waals surface area (Å²) >= 11 is 7.96. The molecule has 21 heavy (non-hydrogen) atoms. The highest BCUT2D eigenvalue weighted by Crippen LogP contribution is 2.38. The Kier molecular flexibility index (Phi) is 4.12. The van der Waals surface area contributed by atoms with E-state index in [1.807, 2.05) is 11.8 Å². The van der Waals surface area contributed by atoms with Crippen LogP contribution in [0.15, 0.2) is 12.1 Å². The highest BCUT2D eigenvalue weighted by Gasteiger charge is 2.21. The number of amides is 3. The zero-order chi connectivity index (χ0) is 14.8. The number of fused-ring (bicyclic) bond motifs is 1. The Hall–Kier alpha value is -1.60. The maximum Gasteiger partial charge on any atom is 0.321 e. The van der Waals surface area contributed by atoms with Crippen LogP contribution in [0.1, 0.15) is 0 Å². The predicted octanol–water partition coefficient (Wildman–Crippen LogP) is 2.25. The van der Waals surface area contributed by atoms with Gasteiger partial charge in [0.05, 0.1) is 10.7 Å². The predicted molar refractivity (Wildman–Crippen MR) is 83.5 cm³/mol. The molecule has 0 atom stereocenters. The minimum Gasteiger partial charge on any atom is -0.480 e. The molecule has 1 saturated heterocycles. The Morgan fingerprint density at radius 1 is 1.38 bits per heavy atom. The van der Waals surface area contributed by atoms with Crippen LogP contribution in [0, 0.1) is 0 Å². The summed E-state index contributed by atoms with van der Waals surface area (Å²) in [5.74, 6) is 2.09. The summed E-state index contributed by atoms with van der Waals surface area (Å²) in [6.07, 6.45) is 0. The lowest BCUT2D eigenvalue weighted by Crippen LogP contribution is -2.40. The summed E-state index contributed by atoms with van der Waals surface area (Å²) in [7, 11) is 0. The zero-order valence-corrected chi connectivity index (χ0v) is 12.7. The van der Waals surface area contributed by atoms with Gasteiger partial charge >= 0.3 is 6.03 Å². The van der Waals surface area contributed by atoms with Gasteiger partial charge in [-0.05, 0) is 12.1 Å². The molecular formula is C13H14ClN3O3S. The summed E-state index contributed by atoms with van der Waals surface area (Å²) in [5, 5.41) is 5.84. The minimum atomic E-state index is -0.241. The number of carbonyl (C=O) groups is 2. The molecule has 112 valence electrons. The van der Waals surface area contributed by atoms with Crippen molar-refractivity contribution in [2.24, 2.45) is 0 Å². The van der Waals surface area contributed by atoms with E-state index in [1.54, 1.807) is 17.0 Å². The van der Waals surface area contributed by atoms with E-state index in [1.165, 1.54) is 0 Å². The normalized spacial score (nSPS) is 17.6. The van der Waals surface area contributed by atoms with Crippen LogP contribution < -0.4 is 15.4 Å². The smallest absolute Gasteiger partial charge is 0.321 e. The number of hydrogen-bond donors (Lipinski definition) is 2. The number of halogens is 1. The molecule has 3 rings (SSSR count). The van der Waals surface area contributed by atoms with Crippen LogP contribution in [0.3, 0.4) is 0 Å². The summed E-state index contributed by atoms with van der Waals surface area (Å²) < 4.78 is 5.27. The average molecular weight is 328 g/mol. The largest absolute Gasteiger partial charge is 0.480 e. The molecule has 1 fully saturated rings. The van der Waals surface area contributed by atoms with Crippen molar-refractivity contribution in [1.82, 2.24) is 4.90 Å². The fourth-order valence-electron chi connectivity index (χ4n) is 2.20. The minimum absolute atomic E-state index is 0.0517. The molecule has 3 amide bonds. The van der Waals surface area contributed by atoms with Gasteiger partial charge in [-0.25, -0.2) is 4.79 Å². The van der Waals surface area contributed by atoms with E-state index >= 15 is 0 Å². The summed E-state index contributed by atoms with van der Waals surface area (Å²) in [6, 6.07) is 3.11. The number of hydrogen-bond acceptors (Lipinski definition) is 4. The van der Waals surface area contributed by atoms with Gasteiger partial charge in [0.1, 0.15) is 0 Å². The van der Waals surface area contributed by atoms with Gasteiger partial charge in [-0.1, -0.05) is 11.6 Å². The SMILES string of the molecule is O=C1COc2c(Cl)cc(NC(=O)N3CCSCC3)cc2N1. The fourth-order valence-corrected chi connectivity index (χ4v) is 3.38. The van der Waals surface area contributed by atoms with Crippen molar-refractivity contribution in [3.8, 4) is 5.75 Å². The first kappa shape index (κ1) is 14.3. The van der Waals surface area contributed by atoms with Crippen LogP contribution in [0.25, 0.3) is 0 Å². The Morgan fingerprint density at radius 2 is 2.14 bits per heavy atom. The lowest BCUT2D eigenvalue weighted by Gasteiger charge is -2.27. The third-order valence-electron chi connectivity index (χ3n) is 3.21. The molecule has 0 radical (unpaired) electrons. The Bertz CT molecular complexity index is 590. The Morgan fingerprint density at radius 3 is 2.90 bits per heavy atom. The van der Waals surface area contributed by atoms with E-state index < -0.39 is 0 Å². The molecule has 0 unspecified atom stereocenters. The van der Waals surface area contributed by atoms with Crippen molar-refractivity contribution >= 4 is 46.7 Å². The van der Waals surface area contributed by atoms with Gasteiger partial charge < -0.3 is 20.3 Å². The molecule has 6 nitrogen and oxygen atoms in total. The van der Waals surface area contributed by atoms with E-state index in [-0.39, 0.29) is 18.5 Å². The third kappa shape index (κ3) is 3.19. The number of rotatable bonds is 1. The molecule has 8 heteroatoms. The fraction of sp³-hybridized carbons (Fsp3) is 0.385. The Balaban J connectivity index is 1.76. The van der Waals surface area contributed by atoms with Gasteiger partial charge in [-0.2, -0.15) is 11.8 Å². The molecule has 2 aliphatic rings. The standard InChI is InChI=1S/C13H14ClN3O3S/c14-9-5-8(6-10-12(9)20-7-11(18)16-10)15-13(19)17-1-3-21-4-2-17/h5-6H,1-4,7H2,(H,15,19)(H,16,18). The van der Waals surface area contributed by atoms with E-state index in [9.17, 15) is 9.59 Å². The van der Waals surface area contributed by atoms with Crippen LogP contribution in [-0.2, 0) is 4.79 Å². The average Bonchev–Trinajstić information content (AvgIpc) is 2.47. The number of urea groups is 1. The molecule has 0 bridgehead atoms. The molecule has 2 heterocycles. The van der Waals surface area contributed by atoms with Gasteiger partial charge in [0.2, 0.25) is 0 Å². The zero-order valence-electron chi connectivity index (χ0n) is 11.1. The van der Waals surface area contributed by atoms with Crippen molar-refractivity contribution in [2.45, 2.75) is 0 Å². The molecule has 0 aromatic heterocycles. The van der Waals surface area contributed by atoms with Crippen LogP contribution in [0.5, 0.6) is 5.75 Å². The number of thioether (sulfide) groups is 1.